The highest BCUT2D eigenvalue weighted by Gasteiger charge is 1.96. The summed E-state index contributed by atoms with van der Waals surface area (Å²) in [5.74, 6) is 0. The Hall–Kier alpha value is -0.790. The van der Waals surface area contributed by atoms with Crippen LogP contribution >= 0.6 is 27.5 Å². The van der Waals surface area contributed by atoms with Gasteiger partial charge >= 0.3 is 0 Å². The van der Waals surface area contributed by atoms with Gasteiger partial charge in [-0.2, -0.15) is 0 Å². The highest BCUT2D eigenvalue weighted by Crippen LogP contribution is 2.17. The van der Waals surface area contributed by atoms with E-state index in [1.165, 1.54) is 16.3 Å². The van der Waals surface area contributed by atoms with Gasteiger partial charge in [0.05, 0.1) is 5.38 Å². The lowest BCUT2D eigenvalue weighted by molar-refractivity contribution is 1.28. The zero-order valence-corrected chi connectivity index (χ0v) is 11.1. The molecule has 0 aliphatic heterocycles. The van der Waals surface area contributed by atoms with E-state index in [4.69, 9.17) is 11.6 Å². The van der Waals surface area contributed by atoms with Crippen molar-refractivity contribution in [1.29, 1.82) is 0 Å². The third kappa shape index (κ3) is 2.87. The molecule has 0 heterocycles. The molecule has 1 unspecified atom stereocenters. The summed E-state index contributed by atoms with van der Waals surface area (Å²) >= 11 is 9.34. The van der Waals surface area contributed by atoms with Crippen LogP contribution in [-0.2, 0) is 0 Å². The van der Waals surface area contributed by atoms with Crippen molar-refractivity contribution in [2.45, 2.75) is 5.38 Å². The monoisotopic (exact) mass is 294 g/mol. The molecule has 1 atom stereocenters. The molecule has 82 valence electrons. The number of alkyl halides is 2. The molecule has 0 N–H and O–H groups in total. The zero-order chi connectivity index (χ0) is 11.4. The Morgan fingerprint density at radius 2 is 1.88 bits per heavy atom. The molecule has 0 saturated carbocycles. The molecule has 0 nitrogen and oxygen atoms in total. The highest BCUT2D eigenvalue weighted by atomic mass is 79.9. The van der Waals surface area contributed by atoms with Crippen LogP contribution in [0.25, 0.3) is 16.8 Å². The summed E-state index contributed by atoms with van der Waals surface area (Å²) in [4.78, 5) is 0. The maximum atomic E-state index is 6.00. The second kappa shape index (κ2) is 5.51. The number of benzene rings is 2. The zero-order valence-electron chi connectivity index (χ0n) is 8.74. The first kappa shape index (κ1) is 11.7. The van der Waals surface area contributed by atoms with Crippen LogP contribution in [0.5, 0.6) is 0 Å². The minimum absolute atomic E-state index is 0.0477. The molecule has 0 amide bonds. The fourth-order valence-corrected chi connectivity index (χ4v) is 1.87. The molecule has 0 aliphatic carbocycles. The minimum atomic E-state index is 0.0477. The Labute approximate surface area is 109 Å². The standard InChI is InChI=1S/C14H12BrCl/c15-10-14(16)8-6-11-5-7-12-3-1-2-4-13(12)9-11/h1-9,14H,10H2/b8-6+. The second-order valence-corrected chi connectivity index (χ2v) is 4.84. The van der Waals surface area contributed by atoms with Crippen LogP contribution in [-0.4, -0.2) is 10.7 Å². The van der Waals surface area contributed by atoms with Gasteiger partial charge in [0.15, 0.2) is 0 Å². The maximum Gasteiger partial charge on any atom is 0.0616 e. The summed E-state index contributed by atoms with van der Waals surface area (Å²) in [7, 11) is 0. The third-order valence-corrected chi connectivity index (χ3v) is 3.79. The molecule has 16 heavy (non-hydrogen) atoms. The molecular formula is C14H12BrCl. The minimum Gasteiger partial charge on any atom is -0.118 e. The van der Waals surface area contributed by atoms with Crippen LogP contribution in [0.2, 0.25) is 0 Å². The van der Waals surface area contributed by atoms with Gasteiger partial charge in [-0.25, -0.2) is 0 Å². The van der Waals surface area contributed by atoms with Crippen molar-refractivity contribution in [2.75, 3.05) is 5.33 Å². The molecule has 0 bridgehead atoms. The summed E-state index contributed by atoms with van der Waals surface area (Å²) < 4.78 is 0. The maximum absolute atomic E-state index is 6.00. The molecule has 0 aromatic heterocycles. The van der Waals surface area contributed by atoms with Crippen LogP contribution in [0.15, 0.2) is 48.5 Å². The summed E-state index contributed by atoms with van der Waals surface area (Å²) in [5, 5.41) is 3.35. The van der Waals surface area contributed by atoms with Crippen LogP contribution in [0.3, 0.4) is 0 Å². The van der Waals surface area contributed by atoms with E-state index in [-0.39, 0.29) is 5.38 Å². The first-order chi connectivity index (χ1) is 7.79. The van der Waals surface area contributed by atoms with Crippen LogP contribution < -0.4 is 0 Å². The predicted octanol–water partition coefficient (Wildman–Crippen LogP) is 4.86. The average molecular weight is 296 g/mol. The molecule has 2 aromatic rings. The van der Waals surface area contributed by atoms with Crippen molar-refractivity contribution in [3.63, 3.8) is 0 Å². The summed E-state index contributed by atoms with van der Waals surface area (Å²) in [6, 6.07) is 14.8. The molecule has 2 heteroatoms. The lowest BCUT2D eigenvalue weighted by atomic mass is 10.1. The van der Waals surface area contributed by atoms with Crippen molar-refractivity contribution in [3.8, 4) is 0 Å². The Morgan fingerprint density at radius 1 is 1.12 bits per heavy atom. The molecule has 0 saturated heterocycles. The topological polar surface area (TPSA) is 0 Å². The summed E-state index contributed by atoms with van der Waals surface area (Å²) in [6.07, 6.45) is 4.06. The number of rotatable bonds is 3. The largest absolute Gasteiger partial charge is 0.118 e. The van der Waals surface area contributed by atoms with Crippen molar-refractivity contribution in [1.82, 2.24) is 0 Å². The first-order valence-corrected chi connectivity index (χ1v) is 6.72. The van der Waals surface area contributed by atoms with Crippen LogP contribution in [0.1, 0.15) is 5.56 Å². The van der Waals surface area contributed by atoms with Gasteiger partial charge in [0, 0.05) is 5.33 Å². The molecular weight excluding hydrogens is 284 g/mol. The van der Waals surface area contributed by atoms with Crippen molar-refractivity contribution >= 4 is 44.4 Å². The van der Waals surface area contributed by atoms with E-state index in [0.29, 0.717) is 0 Å². The fourth-order valence-electron chi connectivity index (χ4n) is 1.58. The van der Waals surface area contributed by atoms with E-state index >= 15 is 0 Å². The van der Waals surface area contributed by atoms with Gasteiger partial charge in [-0.3, -0.25) is 0 Å². The van der Waals surface area contributed by atoms with Crippen molar-refractivity contribution in [2.24, 2.45) is 0 Å². The van der Waals surface area contributed by atoms with Gasteiger partial charge in [-0.15, -0.1) is 11.6 Å². The molecule has 2 rings (SSSR count). The quantitative estimate of drug-likeness (QED) is 0.710. The molecule has 0 aliphatic rings. The van der Waals surface area contributed by atoms with Crippen LogP contribution in [0, 0.1) is 0 Å². The molecule has 0 spiro atoms. The van der Waals surface area contributed by atoms with Gasteiger partial charge in [0.1, 0.15) is 0 Å². The number of halogens is 2. The lowest BCUT2D eigenvalue weighted by Crippen LogP contribution is -1.92. The van der Waals surface area contributed by atoms with Gasteiger partial charge in [-0.1, -0.05) is 64.5 Å². The molecule has 0 radical (unpaired) electrons. The Bertz CT molecular complexity index is 505. The lowest BCUT2D eigenvalue weighted by Gasteiger charge is -2.00. The SMILES string of the molecule is ClC(/C=C/c1ccc2ccccc2c1)CBr. The molecule has 2 aromatic carbocycles. The summed E-state index contributed by atoms with van der Waals surface area (Å²) in [5.41, 5.74) is 1.19. The normalized spacial score (nSPS) is 13.4. The van der Waals surface area contributed by atoms with E-state index in [2.05, 4.69) is 64.5 Å². The third-order valence-electron chi connectivity index (χ3n) is 2.42. The number of hydrogen-bond acceptors (Lipinski definition) is 0. The number of hydrogen-bond donors (Lipinski definition) is 0. The van der Waals surface area contributed by atoms with Crippen molar-refractivity contribution in [3.05, 3.63) is 54.1 Å². The van der Waals surface area contributed by atoms with Gasteiger partial charge in [0.25, 0.3) is 0 Å². The van der Waals surface area contributed by atoms with E-state index in [0.717, 1.165) is 5.33 Å². The van der Waals surface area contributed by atoms with E-state index < -0.39 is 0 Å². The van der Waals surface area contributed by atoms with Crippen molar-refractivity contribution < 1.29 is 0 Å². The Kier molecular flexibility index (Phi) is 4.03. The highest BCUT2D eigenvalue weighted by molar-refractivity contribution is 9.09. The van der Waals surface area contributed by atoms with Gasteiger partial charge in [0.2, 0.25) is 0 Å². The Balaban J connectivity index is 2.29. The Morgan fingerprint density at radius 3 is 2.62 bits per heavy atom. The number of allylic oxidation sites excluding steroid dienone is 1. The molecule has 0 fully saturated rings. The van der Waals surface area contributed by atoms with E-state index in [1.807, 2.05) is 6.08 Å². The second-order valence-electron chi connectivity index (χ2n) is 3.64. The van der Waals surface area contributed by atoms with Gasteiger partial charge < -0.3 is 0 Å². The fraction of sp³-hybridized carbons (Fsp3) is 0.143. The smallest absolute Gasteiger partial charge is 0.0616 e. The average Bonchev–Trinajstić information content (AvgIpc) is 2.35. The summed E-state index contributed by atoms with van der Waals surface area (Å²) in [6.45, 7) is 0. The number of fused-ring (bicyclic) bond motifs is 1. The van der Waals surface area contributed by atoms with Crippen LogP contribution in [0.4, 0.5) is 0 Å². The van der Waals surface area contributed by atoms with Gasteiger partial charge in [-0.05, 0) is 22.4 Å². The van der Waals surface area contributed by atoms with E-state index in [1.54, 1.807) is 0 Å². The first-order valence-electron chi connectivity index (χ1n) is 5.16. The van der Waals surface area contributed by atoms with E-state index in [9.17, 15) is 0 Å². The predicted molar refractivity (Wildman–Crippen MR) is 76.4 cm³/mol.